The van der Waals surface area contributed by atoms with E-state index < -0.39 is 18.7 Å². The zero-order chi connectivity index (χ0) is 10.9. The molecule has 14 heavy (non-hydrogen) atoms. The van der Waals surface area contributed by atoms with E-state index >= 15 is 0 Å². The third-order valence-electron chi connectivity index (χ3n) is 1.60. The van der Waals surface area contributed by atoms with E-state index in [1.807, 2.05) is 0 Å². The quantitative estimate of drug-likeness (QED) is 0.796. The van der Waals surface area contributed by atoms with Gasteiger partial charge in [0.05, 0.1) is 12.1 Å². The van der Waals surface area contributed by atoms with Crippen molar-refractivity contribution in [1.82, 2.24) is 9.78 Å². The summed E-state index contributed by atoms with van der Waals surface area (Å²) >= 11 is 0. The van der Waals surface area contributed by atoms with Crippen molar-refractivity contribution in [2.75, 3.05) is 0 Å². The zero-order valence-corrected chi connectivity index (χ0v) is 7.17. The normalized spacial score (nSPS) is 11.7. The number of halogens is 3. The van der Waals surface area contributed by atoms with Gasteiger partial charge in [0.1, 0.15) is 0 Å². The Hall–Kier alpha value is -1.53. The lowest BCUT2D eigenvalue weighted by atomic mass is 10.2. The van der Waals surface area contributed by atoms with Gasteiger partial charge < -0.3 is 5.11 Å². The summed E-state index contributed by atoms with van der Waals surface area (Å²) in [7, 11) is 0. The van der Waals surface area contributed by atoms with Crippen LogP contribution in [0.3, 0.4) is 0 Å². The monoisotopic (exact) mass is 208 g/mol. The lowest BCUT2D eigenvalue weighted by Crippen LogP contribution is -2.17. The molecule has 0 saturated carbocycles. The van der Waals surface area contributed by atoms with Crippen LogP contribution in [0.4, 0.5) is 13.2 Å². The molecule has 1 aromatic rings. The largest absolute Gasteiger partial charge is 0.504 e. The van der Waals surface area contributed by atoms with Gasteiger partial charge in [-0.05, 0) is 6.92 Å². The Morgan fingerprint density at radius 2 is 2.21 bits per heavy atom. The molecule has 0 bridgehead atoms. The molecule has 0 radical (unpaired) electrons. The Labute approximate surface area is 77.0 Å². The van der Waals surface area contributed by atoms with E-state index in [4.69, 9.17) is 5.11 Å². The van der Waals surface area contributed by atoms with E-state index in [2.05, 4.69) is 5.10 Å². The fourth-order valence-corrected chi connectivity index (χ4v) is 0.962. The molecule has 7 heteroatoms. The smallest absolute Gasteiger partial charge is 0.481 e. The maximum atomic E-state index is 12.1. The van der Waals surface area contributed by atoms with Crippen LogP contribution in [0.1, 0.15) is 11.3 Å². The number of alkyl halides is 3. The minimum Gasteiger partial charge on any atom is -0.481 e. The van der Waals surface area contributed by atoms with Crippen LogP contribution in [0.25, 0.3) is 0 Å². The number of carboxylic acids is 1. The summed E-state index contributed by atoms with van der Waals surface area (Å²) in [5.41, 5.74) is 0.138. The van der Waals surface area contributed by atoms with Crippen LogP contribution in [0.5, 0.6) is 0 Å². The highest BCUT2D eigenvalue weighted by Crippen LogP contribution is 2.22. The molecule has 1 aromatic heterocycles. The van der Waals surface area contributed by atoms with E-state index in [1.165, 1.54) is 6.92 Å². The van der Waals surface area contributed by atoms with Crippen LogP contribution >= 0.6 is 0 Å². The first-order chi connectivity index (χ1) is 6.30. The topological polar surface area (TPSA) is 55.1 Å². The molecule has 0 aliphatic rings. The van der Waals surface area contributed by atoms with E-state index in [0.29, 0.717) is 6.20 Å². The van der Waals surface area contributed by atoms with Crippen LogP contribution in [0, 0.1) is 6.92 Å². The van der Waals surface area contributed by atoms with Crippen molar-refractivity contribution in [1.29, 1.82) is 0 Å². The molecule has 1 heterocycles. The van der Waals surface area contributed by atoms with Gasteiger partial charge in [0.2, 0.25) is 0 Å². The number of aryl methyl sites for hydroxylation is 1. The van der Waals surface area contributed by atoms with Gasteiger partial charge in [-0.1, -0.05) is 0 Å². The van der Waals surface area contributed by atoms with Crippen molar-refractivity contribution >= 4 is 5.97 Å². The number of hydrogen-bond acceptors (Lipinski definition) is 2. The number of carbonyl (C=O) groups is 1. The van der Waals surface area contributed by atoms with Gasteiger partial charge in [0.15, 0.2) is 0 Å². The Kier molecular flexibility index (Phi) is 2.50. The lowest BCUT2D eigenvalue weighted by Gasteiger charge is -2.03. The van der Waals surface area contributed by atoms with Gasteiger partial charge in [-0.15, -0.1) is 13.2 Å². The van der Waals surface area contributed by atoms with Crippen molar-refractivity contribution in [2.24, 2.45) is 0 Å². The van der Waals surface area contributed by atoms with Crippen LogP contribution in [-0.2, 0) is 17.5 Å². The predicted molar refractivity (Wildman–Crippen MR) is 39.6 cm³/mol. The summed E-state index contributed by atoms with van der Waals surface area (Å²) in [4.78, 5) is 10.3. The third kappa shape index (κ3) is 2.24. The molecule has 1 rings (SSSR count). The van der Waals surface area contributed by atoms with E-state index in [0.717, 1.165) is 0 Å². The SMILES string of the molecule is Cc1nn(C(F)(F)F)cc1CC(=O)O. The molecule has 0 amide bonds. The number of hydrogen-bond donors (Lipinski definition) is 1. The standard InChI is InChI=1S/C7H7F3N2O2/c1-4-5(2-6(13)14)3-12(11-4)7(8,9)10/h3H,2H2,1H3,(H,13,14). The van der Waals surface area contributed by atoms with Crippen LogP contribution in [0.15, 0.2) is 6.20 Å². The Morgan fingerprint density at radius 3 is 2.57 bits per heavy atom. The molecule has 0 aliphatic heterocycles. The first kappa shape index (κ1) is 10.6. The number of carboxylic acid groups (broad SMARTS) is 1. The maximum Gasteiger partial charge on any atom is 0.504 e. The van der Waals surface area contributed by atoms with Gasteiger partial charge in [-0.2, -0.15) is 9.78 Å². The van der Waals surface area contributed by atoms with Crippen molar-refractivity contribution < 1.29 is 23.1 Å². The fourth-order valence-electron chi connectivity index (χ4n) is 0.962. The molecule has 4 nitrogen and oxygen atoms in total. The summed E-state index contributed by atoms with van der Waals surface area (Å²) in [5, 5.41) is 11.5. The first-order valence-electron chi connectivity index (χ1n) is 3.65. The van der Waals surface area contributed by atoms with Crippen molar-refractivity contribution in [3.05, 3.63) is 17.5 Å². The molecule has 78 valence electrons. The van der Waals surface area contributed by atoms with Crippen molar-refractivity contribution in [3.63, 3.8) is 0 Å². The molecule has 0 atom stereocenters. The zero-order valence-electron chi connectivity index (χ0n) is 7.17. The van der Waals surface area contributed by atoms with Gasteiger partial charge in [0.25, 0.3) is 0 Å². The van der Waals surface area contributed by atoms with E-state index in [9.17, 15) is 18.0 Å². The Morgan fingerprint density at radius 1 is 1.64 bits per heavy atom. The number of nitrogens with zero attached hydrogens (tertiary/aromatic N) is 2. The van der Waals surface area contributed by atoms with Crippen LogP contribution < -0.4 is 0 Å². The average Bonchev–Trinajstić information content (AvgIpc) is 2.30. The highest BCUT2D eigenvalue weighted by Gasteiger charge is 2.32. The van der Waals surface area contributed by atoms with Gasteiger partial charge >= 0.3 is 12.3 Å². The van der Waals surface area contributed by atoms with Gasteiger partial charge in [-0.3, -0.25) is 4.79 Å². The summed E-state index contributed by atoms with van der Waals surface area (Å²) in [6.45, 7) is 1.33. The highest BCUT2D eigenvalue weighted by molar-refractivity contribution is 5.70. The van der Waals surface area contributed by atoms with E-state index in [-0.39, 0.29) is 15.9 Å². The average molecular weight is 208 g/mol. The predicted octanol–water partition coefficient (Wildman–Crippen LogP) is 1.29. The molecule has 0 spiro atoms. The molecule has 0 fully saturated rings. The van der Waals surface area contributed by atoms with Crippen molar-refractivity contribution in [2.45, 2.75) is 19.6 Å². The van der Waals surface area contributed by atoms with Crippen LogP contribution in [0.2, 0.25) is 0 Å². The summed E-state index contributed by atoms with van der Waals surface area (Å²) < 4.78 is 36.0. The van der Waals surface area contributed by atoms with Gasteiger partial charge in [-0.25, -0.2) is 0 Å². The Balaban J connectivity index is 2.99. The molecule has 0 aromatic carbocycles. The molecule has 0 unspecified atom stereocenters. The second-order valence-corrected chi connectivity index (χ2v) is 2.72. The van der Waals surface area contributed by atoms with Gasteiger partial charge in [0, 0.05) is 11.8 Å². The minimum absolute atomic E-state index is 0.0647. The number of aromatic nitrogens is 2. The van der Waals surface area contributed by atoms with E-state index in [1.54, 1.807) is 0 Å². The molecule has 1 N–H and O–H groups in total. The number of aliphatic carboxylic acids is 1. The lowest BCUT2D eigenvalue weighted by molar-refractivity contribution is -0.212. The van der Waals surface area contributed by atoms with Crippen LogP contribution in [-0.4, -0.2) is 20.9 Å². The molecule has 0 saturated heterocycles. The van der Waals surface area contributed by atoms with Crippen molar-refractivity contribution in [3.8, 4) is 0 Å². The minimum atomic E-state index is -4.60. The highest BCUT2D eigenvalue weighted by atomic mass is 19.4. The first-order valence-corrected chi connectivity index (χ1v) is 3.65. The third-order valence-corrected chi connectivity index (χ3v) is 1.60. The molecule has 0 aliphatic carbocycles. The second-order valence-electron chi connectivity index (χ2n) is 2.72. The molecular weight excluding hydrogens is 201 g/mol. The fraction of sp³-hybridized carbons (Fsp3) is 0.429. The second kappa shape index (κ2) is 3.32. The Bertz CT molecular complexity index is 356. The molecular formula is C7H7F3N2O2. The summed E-state index contributed by atoms with van der Waals surface area (Å²) in [5.74, 6) is -1.19. The summed E-state index contributed by atoms with van der Waals surface area (Å²) in [6.07, 6.45) is -4.37. The maximum absolute atomic E-state index is 12.1. The number of rotatable bonds is 2. The summed E-state index contributed by atoms with van der Waals surface area (Å²) in [6, 6.07) is 0.